The van der Waals surface area contributed by atoms with Crippen LogP contribution in [-0.2, 0) is 31.1 Å². The molecule has 4 aromatic carbocycles. The quantitative estimate of drug-likeness (QED) is 0.200. The number of benzene rings is 4. The maximum Gasteiger partial charge on any atom is 0.408 e. The number of hydrogen-bond acceptors (Lipinski definition) is 6. The van der Waals surface area contributed by atoms with E-state index in [0.29, 0.717) is 17.0 Å². The van der Waals surface area contributed by atoms with Crippen molar-refractivity contribution in [1.82, 2.24) is 5.32 Å². The summed E-state index contributed by atoms with van der Waals surface area (Å²) < 4.78 is 11.0. The molecule has 0 fully saturated rings. The normalized spacial score (nSPS) is 16.5. The molecule has 8 nitrogen and oxygen atoms in total. The molecule has 224 valence electrons. The van der Waals surface area contributed by atoms with Gasteiger partial charge in [0.2, 0.25) is 0 Å². The van der Waals surface area contributed by atoms with Gasteiger partial charge in [0.05, 0.1) is 25.1 Å². The summed E-state index contributed by atoms with van der Waals surface area (Å²) in [6, 6.07) is 33.8. The number of carbonyl (C=O) groups is 3. The third-order valence-corrected chi connectivity index (χ3v) is 7.27. The molecule has 2 amide bonds. The summed E-state index contributed by atoms with van der Waals surface area (Å²) in [5.74, 6) is -1.33. The highest BCUT2D eigenvalue weighted by Crippen LogP contribution is 2.45. The molecule has 5 rings (SSSR count). The van der Waals surface area contributed by atoms with Gasteiger partial charge >= 0.3 is 12.1 Å². The Balaban J connectivity index is 1.77. The van der Waals surface area contributed by atoms with Crippen LogP contribution in [0.4, 0.5) is 10.5 Å². The van der Waals surface area contributed by atoms with E-state index < -0.39 is 35.2 Å². The first-order chi connectivity index (χ1) is 21.1. The van der Waals surface area contributed by atoms with E-state index in [2.05, 4.69) is 5.32 Å². The zero-order valence-corrected chi connectivity index (χ0v) is 25.2. The molecule has 0 aromatic heterocycles. The van der Waals surface area contributed by atoms with E-state index in [-0.39, 0.29) is 6.54 Å². The summed E-state index contributed by atoms with van der Waals surface area (Å²) in [5, 5.41) is 2.83. The summed E-state index contributed by atoms with van der Waals surface area (Å²) in [5.41, 5.74) is 0.859. The third kappa shape index (κ3) is 6.10. The number of ether oxygens (including phenoxy) is 2. The van der Waals surface area contributed by atoms with Crippen LogP contribution < -0.4 is 10.2 Å². The second-order valence-electron chi connectivity index (χ2n) is 11.5. The number of fused-ring (bicyclic) bond motifs is 1. The Hall–Kier alpha value is -5.24. The van der Waals surface area contributed by atoms with Crippen molar-refractivity contribution in [2.24, 2.45) is 4.99 Å². The van der Waals surface area contributed by atoms with Crippen molar-refractivity contribution in [2.75, 3.05) is 12.0 Å². The Morgan fingerprint density at radius 2 is 1.34 bits per heavy atom. The Morgan fingerprint density at radius 1 is 0.818 bits per heavy atom. The van der Waals surface area contributed by atoms with Crippen molar-refractivity contribution >= 4 is 29.4 Å². The van der Waals surface area contributed by atoms with Crippen LogP contribution in [0.15, 0.2) is 120 Å². The molecule has 0 spiro atoms. The smallest absolute Gasteiger partial charge is 0.408 e. The fraction of sp³-hybridized carbons (Fsp3) is 0.222. The number of esters is 1. The molecule has 0 bridgehead atoms. The van der Waals surface area contributed by atoms with Gasteiger partial charge in [-0.15, -0.1) is 0 Å². The predicted octanol–water partition coefficient (Wildman–Crippen LogP) is 6.03. The highest BCUT2D eigenvalue weighted by Gasteiger charge is 2.60. The Morgan fingerprint density at radius 3 is 1.89 bits per heavy atom. The number of rotatable bonds is 8. The number of nitrogens with zero attached hydrogens (tertiary/aromatic N) is 2. The number of para-hydroxylation sites is 1. The lowest BCUT2D eigenvalue weighted by Crippen LogP contribution is -2.62. The minimum absolute atomic E-state index is 0.205. The highest BCUT2D eigenvalue weighted by molar-refractivity contribution is 6.16. The molecule has 8 heteroatoms. The predicted molar refractivity (Wildman–Crippen MR) is 169 cm³/mol. The van der Waals surface area contributed by atoms with Crippen LogP contribution in [0.3, 0.4) is 0 Å². The minimum atomic E-state index is -1.99. The number of methoxy groups -OCH3 is 1. The number of carbonyl (C=O) groups excluding carboxylic acids is 3. The van der Waals surface area contributed by atoms with Crippen molar-refractivity contribution in [3.8, 4) is 0 Å². The SMILES string of the molecule is COC(=O)[C@H](N=C(c1ccccc1)c1ccccc1)[C@]1(NC(=O)OC(C)(C)C)C(=O)N(Cc2ccccc2)c2ccccc21. The van der Waals surface area contributed by atoms with Crippen molar-refractivity contribution in [1.29, 1.82) is 0 Å². The topological polar surface area (TPSA) is 97.3 Å². The molecule has 0 saturated carbocycles. The van der Waals surface area contributed by atoms with Gasteiger partial charge in [-0.25, -0.2) is 9.59 Å². The molecular formula is C36H35N3O5. The van der Waals surface area contributed by atoms with E-state index in [1.54, 1.807) is 43.9 Å². The van der Waals surface area contributed by atoms with Crippen molar-refractivity contribution in [3.05, 3.63) is 138 Å². The first kappa shape index (κ1) is 30.2. The van der Waals surface area contributed by atoms with Crippen LogP contribution in [0, 0.1) is 0 Å². The van der Waals surface area contributed by atoms with Gasteiger partial charge in [-0.05, 0) is 32.4 Å². The fourth-order valence-electron chi connectivity index (χ4n) is 5.40. The average Bonchev–Trinajstić information content (AvgIpc) is 3.25. The number of aliphatic imine (C=N–C) groups is 1. The summed E-state index contributed by atoms with van der Waals surface area (Å²) >= 11 is 0. The molecule has 0 saturated heterocycles. The van der Waals surface area contributed by atoms with Gasteiger partial charge in [-0.3, -0.25) is 9.79 Å². The molecule has 1 aliphatic rings. The number of anilines is 1. The molecule has 2 atom stereocenters. The lowest BCUT2D eigenvalue weighted by Gasteiger charge is -2.35. The maximum atomic E-state index is 14.9. The zero-order chi connectivity index (χ0) is 31.3. The highest BCUT2D eigenvalue weighted by atomic mass is 16.6. The lowest BCUT2D eigenvalue weighted by molar-refractivity contribution is -0.147. The number of alkyl carbamates (subject to hydrolysis) is 1. The van der Waals surface area contributed by atoms with Crippen LogP contribution >= 0.6 is 0 Å². The van der Waals surface area contributed by atoms with Gasteiger partial charge in [0.15, 0.2) is 11.6 Å². The van der Waals surface area contributed by atoms with Gasteiger partial charge < -0.3 is 19.7 Å². The molecular weight excluding hydrogens is 554 g/mol. The lowest BCUT2D eigenvalue weighted by atomic mass is 9.83. The monoisotopic (exact) mass is 589 g/mol. The molecule has 44 heavy (non-hydrogen) atoms. The Labute approximate surface area is 257 Å². The largest absolute Gasteiger partial charge is 0.467 e. The van der Waals surface area contributed by atoms with Crippen LogP contribution in [0.5, 0.6) is 0 Å². The molecule has 0 radical (unpaired) electrons. The van der Waals surface area contributed by atoms with E-state index >= 15 is 0 Å². The standard InChI is InChI=1S/C36H35N3O5/c1-35(2,3)44-34(42)38-36(28-22-14-15-23-29(28)39(33(36)41)24-25-16-8-5-9-17-25)31(32(40)43-4)37-30(26-18-10-6-11-19-26)27-20-12-7-13-21-27/h5-23,31H,24H2,1-4H3,(H,38,42)/t31-,36-/m0/s1. The molecule has 1 heterocycles. The average molecular weight is 590 g/mol. The minimum Gasteiger partial charge on any atom is -0.467 e. The molecule has 0 aliphatic carbocycles. The Kier molecular flexibility index (Phi) is 8.62. The van der Waals surface area contributed by atoms with Crippen molar-refractivity contribution < 1.29 is 23.9 Å². The summed E-state index contributed by atoms with van der Waals surface area (Å²) in [6.45, 7) is 5.38. The molecule has 4 aromatic rings. The van der Waals surface area contributed by atoms with E-state index in [9.17, 15) is 14.4 Å². The number of amides is 2. The maximum absolute atomic E-state index is 14.9. The molecule has 1 aliphatic heterocycles. The molecule has 0 unspecified atom stereocenters. The van der Waals surface area contributed by atoms with Gasteiger partial charge in [-0.1, -0.05) is 109 Å². The second kappa shape index (κ2) is 12.6. The number of hydrogen-bond donors (Lipinski definition) is 1. The summed E-state index contributed by atoms with van der Waals surface area (Å²) in [7, 11) is 1.24. The second-order valence-corrected chi connectivity index (χ2v) is 11.5. The number of nitrogens with one attached hydrogen (secondary N) is 1. The van der Waals surface area contributed by atoms with E-state index in [0.717, 1.165) is 16.7 Å². The van der Waals surface area contributed by atoms with Crippen molar-refractivity contribution in [3.63, 3.8) is 0 Å². The van der Waals surface area contributed by atoms with E-state index in [1.165, 1.54) is 7.11 Å². The summed E-state index contributed by atoms with van der Waals surface area (Å²) in [4.78, 5) is 48.9. The van der Waals surface area contributed by atoms with Crippen molar-refractivity contribution in [2.45, 2.75) is 44.5 Å². The van der Waals surface area contributed by atoms with Gasteiger partial charge in [0.1, 0.15) is 5.60 Å². The van der Waals surface area contributed by atoms with Crippen LogP contribution in [0.25, 0.3) is 0 Å². The van der Waals surface area contributed by atoms with Gasteiger partial charge in [0.25, 0.3) is 5.91 Å². The summed E-state index contributed by atoms with van der Waals surface area (Å²) in [6.07, 6.45) is -0.868. The molecule has 1 N–H and O–H groups in total. The first-order valence-electron chi connectivity index (χ1n) is 14.4. The first-order valence-corrected chi connectivity index (χ1v) is 14.4. The third-order valence-electron chi connectivity index (χ3n) is 7.27. The Bertz CT molecular complexity index is 1630. The zero-order valence-electron chi connectivity index (χ0n) is 25.2. The van der Waals surface area contributed by atoms with E-state index in [1.807, 2.05) is 97.1 Å². The van der Waals surface area contributed by atoms with Gasteiger partial charge in [0, 0.05) is 16.7 Å². The van der Waals surface area contributed by atoms with Crippen LogP contribution in [0.1, 0.15) is 43.0 Å². The van der Waals surface area contributed by atoms with E-state index in [4.69, 9.17) is 14.5 Å². The van der Waals surface area contributed by atoms with Gasteiger partial charge in [-0.2, -0.15) is 0 Å². The van der Waals surface area contributed by atoms with Crippen LogP contribution in [0.2, 0.25) is 0 Å². The fourth-order valence-corrected chi connectivity index (χ4v) is 5.40. The van der Waals surface area contributed by atoms with Crippen LogP contribution in [-0.4, -0.2) is 42.4 Å².